The zero-order valence-electron chi connectivity index (χ0n) is 16.7. The van der Waals surface area contributed by atoms with E-state index in [1.807, 2.05) is 41.1 Å². The molecule has 3 heterocycles. The van der Waals surface area contributed by atoms with Crippen molar-refractivity contribution >= 4 is 23.3 Å². The molecule has 154 valence electrons. The van der Waals surface area contributed by atoms with Crippen LogP contribution in [0.3, 0.4) is 0 Å². The molecule has 30 heavy (non-hydrogen) atoms. The fraction of sp³-hybridized carbons (Fsp3) is 0.261. The summed E-state index contributed by atoms with van der Waals surface area (Å²) >= 11 is 5.70. The van der Waals surface area contributed by atoms with Gasteiger partial charge in [-0.25, -0.2) is 4.79 Å². The molecule has 6 nitrogen and oxygen atoms in total. The Morgan fingerprint density at radius 3 is 2.80 bits per heavy atom. The van der Waals surface area contributed by atoms with Gasteiger partial charge in [0.15, 0.2) is 5.11 Å². The zero-order chi connectivity index (χ0) is 21.1. The Hall–Kier alpha value is -3.19. The van der Waals surface area contributed by atoms with Crippen LogP contribution in [0.2, 0.25) is 0 Å². The molecule has 1 fully saturated rings. The molecule has 0 radical (unpaired) electrons. The molecule has 2 N–H and O–H groups in total. The molecule has 1 aliphatic rings. The van der Waals surface area contributed by atoms with E-state index in [1.165, 1.54) is 0 Å². The molecule has 2 aromatic heterocycles. The molecular formula is C23H24N4O2S. The topological polar surface area (TPSA) is 70.4 Å². The standard InChI is InChI=1S/C23H24N4O2S/c1-2-3-13-27-21(20(25-23(27)30)18-10-4-5-12-24-18)19-11-7-14-26(19)17-9-6-8-16(15-17)22(28)29/h4-12,14-15,20-21H,2-3,13H2,1H3,(H,25,30)(H,28,29)/t20-,21+/m0/s1. The summed E-state index contributed by atoms with van der Waals surface area (Å²) in [6.45, 7) is 3.01. The molecule has 1 aromatic carbocycles. The lowest BCUT2D eigenvalue weighted by Gasteiger charge is -2.29. The van der Waals surface area contributed by atoms with E-state index in [0.29, 0.717) is 0 Å². The molecule has 0 amide bonds. The molecule has 7 heteroatoms. The number of nitrogens with one attached hydrogen (secondary N) is 1. The summed E-state index contributed by atoms with van der Waals surface area (Å²) in [5.74, 6) is -0.940. The van der Waals surface area contributed by atoms with Crippen molar-refractivity contribution in [2.75, 3.05) is 6.54 Å². The third-order valence-corrected chi connectivity index (χ3v) is 5.76. The van der Waals surface area contributed by atoms with Crippen molar-refractivity contribution < 1.29 is 9.90 Å². The second-order valence-corrected chi connectivity index (χ2v) is 7.72. The first-order valence-electron chi connectivity index (χ1n) is 10.1. The van der Waals surface area contributed by atoms with Gasteiger partial charge in [-0.05, 0) is 61.1 Å². The van der Waals surface area contributed by atoms with Crippen LogP contribution >= 0.6 is 12.2 Å². The maximum Gasteiger partial charge on any atom is 0.335 e. The van der Waals surface area contributed by atoms with Gasteiger partial charge in [-0.1, -0.05) is 25.5 Å². The quantitative estimate of drug-likeness (QED) is 0.554. The molecule has 1 aliphatic heterocycles. The van der Waals surface area contributed by atoms with E-state index in [0.717, 1.165) is 41.6 Å². The predicted molar refractivity (Wildman–Crippen MR) is 120 cm³/mol. The van der Waals surface area contributed by atoms with Crippen LogP contribution in [0.5, 0.6) is 0 Å². The van der Waals surface area contributed by atoms with Gasteiger partial charge < -0.3 is 19.9 Å². The fourth-order valence-electron chi connectivity index (χ4n) is 3.96. The minimum atomic E-state index is -0.940. The molecule has 0 unspecified atom stereocenters. The van der Waals surface area contributed by atoms with Crippen LogP contribution < -0.4 is 5.32 Å². The first-order valence-corrected chi connectivity index (χ1v) is 10.5. The summed E-state index contributed by atoms with van der Waals surface area (Å²) in [6.07, 6.45) is 5.86. The average molecular weight is 421 g/mol. The number of thiocarbonyl (C=S) groups is 1. The van der Waals surface area contributed by atoms with Crippen molar-refractivity contribution in [3.05, 3.63) is 83.9 Å². The van der Waals surface area contributed by atoms with Crippen molar-refractivity contribution in [3.8, 4) is 5.69 Å². The summed E-state index contributed by atoms with van der Waals surface area (Å²) in [4.78, 5) is 18.3. The first-order chi connectivity index (χ1) is 14.6. The smallest absolute Gasteiger partial charge is 0.335 e. The number of benzene rings is 1. The monoisotopic (exact) mass is 420 g/mol. The van der Waals surface area contributed by atoms with Crippen molar-refractivity contribution in [1.29, 1.82) is 0 Å². The number of nitrogens with zero attached hydrogens (tertiary/aromatic N) is 3. The van der Waals surface area contributed by atoms with Gasteiger partial charge >= 0.3 is 5.97 Å². The Bertz CT molecular complexity index is 1050. The second kappa shape index (κ2) is 8.67. The molecule has 0 aliphatic carbocycles. The van der Waals surface area contributed by atoms with Gasteiger partial charge in [0.1, 0.15) is 0 Å². The van der Waals surface area contributed by atoms with Crippen molar-refractivity contribution in [2.24, 2.45) is 0 Å². The highest BCUT2D eigenvalue weighted by Gasteiger charge is 2.40. The highest BCUT2D eigenvalue weighted by molar-refractivity contribution is 7.80. The molecule has 4 rings (SSSR count). The maximum absolute atomic E-state index is 11.5. The Morgan fingerprint density at radius 2 is 2.07 bits per heavy atom. The number of carboxylic acid groups (broad SMARTS) is 1. The Balaban J connectivity index is 1.79. The third-order valence-electron chi connectivity index (χ3n) is 5.40. The van der Waals surface area contributed by atoms with Gasteiger partial charge in [0.05, 0.1) is 23.3 Å². The number of pyridine rings is 1. The zero-order valence-corrected chi connectivity index (χ0v) is 17.5. The number of hydrogen-bond acceptors (Lipinski definition) is 3. The van der Waals surface area contributed by atoms with Crippen LogP contribution in [0.1, 0.15) is 53.6 Å². The Kier molecular flexibility index (Phi) is 5.81. The number of unbranched alkanes of at least 4 members (excludes halogenated alkanes) is 1. The number of carbonyl (C=O) groups is 1. The number of aromatic nitrogens is 2. The molecular weight excluding hydrogens is 396 g/mol. The van der Waals surface area contributed by atoms with Crippen LogP contribution in [0.25, 0.3) is 5.69 Å². The molecule has 3 aromatic rings. The Labute approximate surface area is 181 Å². The lowest BCUT2D eigenvalue weighted by molar-refractivity contribution is 0.0697. The van der Waals surface area contributed by atoms with E-state index in [1.54, 1.807) is 24.4 Å². The SMILES string of the molecule is CCCCN1C(=S)N[C@@H](c2ccccn2)[C@H]1c1cccn1-c1cccc(C(=O)O)c1. The number of hydrogen-bond donors (Lipinski definition) is 2. The van der Waals surface area contributed by atoms with E-state index >= 15 is 0 Å². The highest BCUT2D eigenvalue weighted by Crippen LogP contribution is 2.39. The largest absolute Gasteiger partial charge is 0.478 e. The van der Waals surface area contributed by atoms with Gasteiger partial charge in [-0.3, -0.25) is 4.98 Å². The minimum absolute atomic E-state index is 0.0533. The van der Waals surface area contributed by atoms with Gasteiger partial charge in [0, 0.05) is 30.3 Å². The fourth-order valence-corrected chi connectivity index (χ4v) is 4.29. The molecule has 1 saturated heterocycles. The van der Waals surface area contributed by atoms with E-state index in [4.69, 9.17) is 12.2 Å². The Morgan fingerprint density at radius 1 is 1.20 bits per heavy atom. The second-order valence-electron chi connectivity index (χ2n) is 7.33. The van der Waals surface area contributed by atoms with Gasteiger partial charge in [-0.15, -0.1) is 0 Å². The highest BCUT2D eigenvalue weighted by atomic mass is 32.1. The lowest BCUT2D eigenvalue weighted by atomic mass is 10.0. The maximum atomic E-state index is 11.5. The lowest BCUT2D eigenvalue weighted by Crippen LogP contribution is -2.31. The average Bonchev–Trinajstić information content (AvgIpc) is 3.37. The predicted octanol–water partition coefficient (Wildman–Crippen LogP) is 4.34. The molecule has 2 atom stereocenters. The van der Waals surface area contributed by atoms with Crippen LogP contribution in [0.4, 0.5) is 0 Å². The van der Waals surface area contributed by atoms with Crippen molar-refractivity contribution in [2.45, 2.75) is 31.8 Å². The van der Waals surface area contributed by atoms with Crippen LogP contribution in [0, 0.1) is 0 Å². The minimum Gasteiger partial charge on any atom is -0.478 e. The van der Waals surface area contributed by atoms with Crippen molar-refractivity contribution in [3.63, 3.8) is 0 Å². The summed E-state index contributed by atoms with van der Waals surface area (Å²) in [6, 6.07) is 16.8. The van der Waals surface area contributed by atoms with Gasteiger partial charge in [0.25, 0.3) is 0 Å². The number of carboxylic acids is 1. The summed E-state index contributed by atoms with van der Waals surface area (Å²) in [5, 5.41) is 13.6. The van der Waals surface area contributed by atoms with Crippen LogP contribution in [-0.2, 0) is 0 Å². The van der Waals surface area contributed by atoms with E-state index in [-0.39, 0.29) is 17.6 Å². The summed E-state index contributed by atoms with van der Waals surface area (Å²) in [7, 11) is 0. The summed E-state index contributed by atoms with van der Waals surface area (Å²) < 4.78 is 2.04. The van der Waals surface area contributed by atoms with E-state index in [2.05, 4.69) is 28.2 Å². The summed E-state index contributed by atoms with van der Waals surface area (Å²) in [5.41, 5.74) is 3.03. The van der Waals surface area contributed by atoms with Crippen LogP contribution in [-0.4, -0.2) is 37.2 Å². The van der Waals surface area contributed by atoms with E-state index in [9.17, 15) is 9.90 Å². The van der Waals surface area contributed by atoms with E-state index < -0.39 is 5.97 Å². The van der Waals surface area contributed by atoms with Crippen LogP contribution in [0.15, 0.2) is 67.0 Å². The molecule has 0 bridgehead atoms. The van der Waals surface area contributed by atoms with Gasteiger partial charge in [-0.2, -0.15) is 0 Å². The number of aromatic carboxylic acids is 1. The first kappa shape index (κ1) is 20.1. The van der Waals surface area contributed by atoms with Gasteiger partial charge in [0.2, 0.25) is 0 Å². The third kappa shape index (κ3) is 3.80. The number of rotatable bonds is 7. The normalized spacial score (nSPS) is 18.4. The van der Waals surface area contributed by atoms with Crippen molar-refractivity contribution in [1.82, 2.24) is 19.8 Å². The molecule has 0 saturated carbocycles. The molecule has 0 spiro atoms.